The molecule has 0 radical (unpaired) electrons. The van der Waals surface area contributed by atoms with Crippen molar-refractivity contribution in [2.24, 2.45) is 11.8 Å². The number of nitriles is 1. The van der Waals surface area contributed by atoms with Gasteiger partial charge in [0.2, 0.25) is 0 Å². The van der Waals surface area contributed by atoms with Crippen LogP contribution in [0.15, 0.2) is 0 Å². The van der Waals surface area contributed by atoms with Gasteiger partial charge in [-0.3, -0.25) is 10.1 Å². The zero-order chi connectivity index (χ0) is 12.8. The van der Waals surface area contributed by atoms with Gasteiger partial charge >= 0.3 is 5.97 Å². The Bertz CT molecular complexity index is 304. The van der Waals surface area contributed by atoms with Gasteiger partial charge in [-0.05, 0) is 25.7 Å². The van der Waals surface area contributed by atoms with Crippen LogP contribution in [0.25, 0.3) is 0 Å². The molecule has 1 N–H and O–H groups in total. The number of ether oxygens (including phenoxy) is 1. The van der Waals surface area contributed by atoms with E-state index in [4.69, 9.17) is 10.00 Å². The van der Waals surface area contributed by atoms with Crippen LogP contribution in [0.1, 0.15) is 19.8 Å². The maximum atomic E-state index is 12.1. The largest absolute Gasteiger partial charge is 0.465 e. The molecule has 0 saturated heterocycles. The minimum atomic E-state index is -2.50. The molecule has 0 aliphatic heterocycles. The molecular formula is C11H16F2N2O2. The second-order valence-electron chi connectivity index (χ2n) is 4.07. The van der Waals surface area contributed by atoms with Crippen LogP contribution in [0.4, 0.5) is 8.78 Å². The first-order chi connectivity index (χ1) is 8.08. The minimum Gasteiger partial charge on any atom is -0.465 e. The van der Waals surface area contributed by atoms with Crippen LogP contribution in [-0.2, 0) is 9.53 Å². The molecule has 17 heavy (non-hydrogen) atoms. The van der Waals surface area contributed by atoms with Crippen molar-refractivity contribution >= 4 is 5.97 Å². The molecule has 1 aliphatic carbocycles. The third kappa shape index (κ3) is 4.65. The van der Waals surface area contributed by atoms with Gasteiger partial charge in [0.05, 0.1) is 19.2 Å². The Hall–Kier alpha value is -1.22. The summed E-state index contributed by atoms with van der Waals surface area (Å²) in [5.41, 5.74) is 0. The molecule has 0 amide bonds. The van der Waals surface area contributed by atoms with Crippen LogP contribution in [0.5, 0.6) is 0 Å². The Morgan fingerprint density at radius 1 is 1.65 bits per heavy atom. The van der Waals surface area contributed by atoms with E-state index < -0.39 is 25.0 Å². The standard InChI is InChI=1S/C11H16F2N2O2/c1-2-17-11(16)9(15-6-10(12)13)4-7-3-8(7)5-14/h7-10,15H,2-4,6H2,1H3. The number of nitrogens with zero attached hydrogens (tertiary/aromatic N) is 1. The van der Waals surface area contributed by atoms with Crippen molar-refractivity contribution in [3.8, 4) is 6.07 Å². The van der Waals surface area contributed by atoms with Gasteiger partial charge in [0.15, 0.2) is 0 Å². The molecule has 0 aromatic carbocycles. The summed E-state index contributed by atoms with van der Waals surface area (Å²) >= 11 is 0. The van der Waals surface area contributed by atoms with E-state index in [1.165, 1.54) is 0 Å². The number of carbonyl (C=O) groups is 1. The molecule has 0 heterocycles. The maximum Gasteiger partial charge on any atom is 0.323 e. The van der Waals surface area contributed by atoms with Crippen molar-refractivity contribution < 1.29 is 18.3 Å². The van der Waals surface area contributed by atoms with E-state index in [0.717, 1.165) is 6.42 Å². The highest BCUT2D eigenvalue weighted by atomic mass is 19.3. The normalized spacial score (nSPS) is 24.2. The van der Waals surface area contributed by atoms with Gasteiger partial charge < -0.3 is 4.74 Å². The van der Waals surface area contributed by atoms with Crippen molar-refractivity contribution in [3.05, 3.63) is 0 Å². The van der Waals surface area contributed by atoms with Gasteiger partial charge in [0.25, 0.3) is 6.43 Å². The van der Waals surface area contributed by atoms with Gasteiger partial charge in [-0.2, -0.15) is 5.26 Å². The molecule has 1 saturated carbocycles. The summed E-state index contributed by atoms with van der Waals surface area (Å²) in [5.74, 6) is -0.434. The molecule has 0 bridgehead atoms. The van der Waals surface area contributed by atoms with E-state index in [0.29, 0.717) is 6.42 Å². The molecule has 96 valence electrons. The number of esters is 1. The van der Waals surface area contributed by atoms with E-state index in [9.17, 15) is 13.6 Å². The lowest BCUT2D eigenvalue weighted by atomic mass is 10.1. The summed E-state index contributed by atoms with van der Waals surface area (Å²) < 4.78 is 29.0. The second kappa shape index (κ2) is 6.50. The fourth-order valence-electron chi connectivity index (χ4n) is 1.71. The number of halogens is 2. The summed E-state index contributed by atoms with van der Waals surface area (Å²) in [6.45, 7) is 1.35. The molecule has 1 fully saturated rings. The second-order valence-corrected chi connectivity index (χ2v) is 4.07. The fourth-order valence-corrected chi connectivity index (χ4v) is 1.71. The molecule has 6 heteroatoms. The van der Waals surface area contributed by atoms with Crippen LogP contribution in [0, 0.1) is 23.2 Å². The zero-order valence-corrected chi connectivity index (χ0v) is 9.66. The number of hydrogen-bond acceptors (Lipinski definition) is 4. The van der Waals surface area contributed by atoms with Crippen molar-refractivity contribution in [2.45, 2.75) is 32.2 Å². The average Bonchev–Trinajstić information content (AvgIpc) is 3.02. The Morgan fingerprint density at radius 2 is 2.35 bits per heavy atom. The Balaban J connectivity index is 2.41. The quantitative estimate of drug-likeness (QED) is 0.688. The van der Waals surface area contributed by atoms with Crippen LogP contribution >= 0.6 is 0 Å². The first-order valence-electron chi connectivity index (χ1n) is 5.66. The molecule has 0 aromatic rings. The third-order valence-corrected chi connectivity index (χ3v) is 2.72. The lowest BCUT2D eigenvalue weighted by Gasteiger charge is -2.16. The number of hydrogen-bond donors (Lipinski definition) is 1. The zero-order valence-electron chi connectivity index (χ0n) is 9.66. The van der Waals surface area contributed by atoms with Crippen molar-refractivity contribution in [1.82, 2.24) is 5.32 Å². The molecule has 1 aliphatic rings. The maximum absolute atomic E-state index is 12.1. The molecule has 3 atom stereocenters. The minimum absolute atomic E-state index is 0.0414. The van der Waals surface area contributed by atoms with Crippen LogP contribution < -0.4 is 5.32 Å². The summed E-state index contributed by atoms with van der Waals surface area (Å²) in [5, 5.41) is 11.1. The number of nitrogens with one attached hydrogen (secondary N) is 1. The molecule has 1 rings (SSSR count). The molecule has 3 unspecified atom stereocenters. The SMILES string of the molecule is CCOC(=O)C(CC1CC1C#N)NCC(F)F. The number of rotatable bonds is 7. The summed E-state index contributed by atoms with van der Waals surface area (Å²) in [6.07, 6.45) is -1.37. The molecular weight excluding hydrogens is 230 g/mol. The highest BCUT2D eigenvalue weighted by Crippen LogP contribution is 2.41. The lowest BCUT2D eigenvalue weighted by Crippen LogP contribution is -2.41. The molecule has 4 nitrogen and oxygen atoms in total. The van der Waals surface area contributed by atoms with Crippen molar-refractivity contribution in [3.63, 3.8) is 0 Å². The van der Waals surface area contributed by atoms with Gasteiger partial charge in [0, 0.05) is 5.92 Å². The fraction of sp³-hybridized carbons (Fsp3) is 0.818. The average molecular weight is 246 g/mol. The van der Waals surface area contributed by atoms with E-state index in [2.05, 4.69) is 11.4 Å². The smallest absolute Gasteiger partial charge is 0.323 e. The Morgan fingerprint density at radius 3 is 2.82 bits per heavy atom. The summed E-state index contributed by atoms with van der Waals surface area (Å²) in [4.78, 5) is 11.5. The lowest BCUT2D eigenvalue weighted by molar-refractivity contribution is -0.146. The van der Waals surface area contributed by atoms with Gasteiger partial charge in [0.1, 0.15) is 6.04 Å². The van der Waals surface area contributed by atoms with Gasteiger partial charge in [-0.15, -0.1) is 0 Å². The summed E-state index contributed by atoms with van der Waals surface area (Å²) in [6, 6.07) is 1.37. The Kier molecular flexibility index (Phi) is 5.29. The van der Waals surface area contributed by atoms with E-state index >= 15 is 0 Å². The molecule has 0 aromatic heterocycles. The van der Waals surface area contributed by atoms with Crippen molar-refractivity contribution in [1.29, 1.82) is 5.26 Å². The van der Waals surface area contributed by atoms with Crippen LogP contribution in [0.3, 0.4) is 0 Å². The Labute approximate surface area is 98.9 Å². The van der Waals surface area contributed by atoms with E-state index in [1.807, 2.05) is 0 Å². The van der Waals surface area contributed by atoms with Crippen LogP contribution in [-0.4, -0.2) is 31.6 Å². The topological polar surface area (TPSA) is 62.1 Å². The third-order valence-electron chi connectivity index (χ3n) is 2.72. The predicted octanol–water partition coefficient (Wildman–Crippen LogP) is 1.32. The highest BCUT2D eigenvalue weighted by molar-refractivity contribution is 5.75. The van der Waals surface area contributed by atoms with E-state index in [1.54, 1.807) is 6.92 Å². The number of carbonyl (C=O) groups excluding carboxylic acids is 1. The van der Waals surface area contributed by atoms with Gasteiger partial charge in [-0.1, -0.05) is 0 Å². The first-order valence-corrected chi connectivity index (χ1v) is 5.66. The summed E-state index contributed by atoms with van der Waals surface area (Å²) in [7, 11) is 0. The first kappa shape index (κ1) is 13.8. The van der Waals surface area contributed by atoms with Gasteiger partial charge in [-0.25, -0.2) is 8.78 Å². The molecule has 0 spiro atoms. The van der Waals surface area contributed by atoms with Crippen molar-refractivity contribution in [2.75, 3.05) is 13.2 Å². The number of alkyl halides is 2. The van der Waals surface area contributed by atoms with E-state index in [-0.39, 0.29) is 18.4 Å². The van der Waals surface area contributed by atoms with Crippen LogP contribution in [0.2, 0.25) is 0 Å². The predicted molar refractivity (Wildman–Crippen MR) is 56.3 cm³/mol. The highest BCUT2D eigenvalue weighted by Gasteiger charge is 2.40. The monoisotopic (exact) mass is 246 g/mol.